The molecule has 2 atom stereocenters. The first-order valence-electron chi connectivity index (χ1n) is 10.8. The van der Waals surface area contributed by atoms with Crippen molar-refractivity contribution in [3.63, 3.8) is 0 Å². The highest BCUT2D eigenvalue weighted by molar-refractivity contribution is 7.10. The molecule has 30 heavy (non-hydrogen) atoms. The van der Waals surface area contributed by atoms with Gasteiger partial charge < -0.3 is 15.2 Å². The summed E-state index contributed by atoms with van der Waals surface area (Å²) in [6.45, 7) is 3.94. The van der Waals surface area contributed by atoms with Gasteiger partial charge in [0, 0.05) is 37.6 Å². The molecule has 1 aliphatic rings. The molecular weight excluding hydrogens is 392 g/mol. The third kappa shape index (κ3) is 4.84. The minimum absolute atomic E-state index is 0.499. The van der Waals surface area contributed by atoms with Gasteiger partial charge in [0.25, 0.3) is 0 Å². The summed E-state index contributed by atoms with van der Waals surface area (Å²) in [6.07, 6.45) is 5.47. The van der Waals surface area contributed by atoms with E-state index in [1.165, 1.54) is 29.8 Å². The Kier molecular flexibility index (Phi) is 7.02. The standard InChI is InChI=1S/C23H32N6S/c1-24-23(25-12-7-14-29-17-27-19-9-3-4-10-20(19)29)26-16-18-8-5-13-28(2)22(18)21-11-6-15-30-21/h3-4,6,9-11,15,17-18,22H,5,7-8,12-14,16H2,1-2H3,(H2,24,25,26). The number of aryl methyl sites for hydroxylation is 1. The van der Waals surface area contributed by atoms with E-state index < -0.39 is 0 Å². The lowest BCUT2D eigenvalue weighted by molar-refractivity contribution is 0.125. The van der Waals surface area contributed by atoms with E-state index in [4.69, 9.17) is 0 Å². The molecule has 160 valence electrons. The van der Waals surface area contributed by atoms with Crippen LogP contribution in [0.5, 0.6) is 0 Å². The van der Waals surface area contributed by atoms with Crippen molar-refractivity contribution in [3.8, 4) is 0 Å². The summed E-state index contributed by atoms with van der Waals surface area (Å²) in [7, 11) is 4.10. The van der Waals surface area contributed by atoms with E-state index in [0.717, 1.165) is 37.5 Å². The second-order valence-electron chi connectivity index (χ2n) is 8.00. The Hall–Kier alpha value is -2.38. The quantitative estimate of drug-likeness (QED) is 0.345. The van der Waals surface area contributed by atoms with Gasteiger partial charge in [-0.1, -0.05) is 18.2 Å². The summed E-state index contributed by atoms with van der Waals surface area (Å²) < 4.78 is 2.22. The molecule has 0 bridgehead atoms. The number of guanidine groups is 1. The third-order valence-corrected chi connectivity index (χ3v) is 6.94. The number of aromatic nitrogens is 2. The van der Waals surface area contributed by atoms with Crippen LogP contribution in [0, 0.1) is 5.92 Å². The molecule has 0 amide bonds. The van der Waals surface area contributed by atoms with Crippen LogP contribution in [0.2, 0.25) is 0 Å². The molecular formula is C23H32N6S. The number of nitrogens with zero attached hydrogens (tertiary/aromatic N) is 4. The average molecular weight is 425 g/mol. The number of rotatable bonds is 7. The van der Waals surface area contributed by atoms with E-state index in [-0.39, 0.29) is 0 Å². The first-order valence-corrected chi connectivity index (χ1v) is 11.7. The van der Waals surface area contributed by atoms with Gasteiger partial charge in [0.15, 0.2) is 5.96 Å². The van der Waals surface area contributed by atoms with E-state index >= 15 is 0 Å². The van der Waals surface area contributed by atoms with Gasteiger partial charge in [-0.3, -0.25) is 9.89 Å². The molecule has 3 aromatic rings. The molecule has 2 N–H and O–H groups in total. The predicted octanol–water partition coefficient (Wildman–Crippen LogP) is 3.74. The highest BCUT2D eigenvalue weighted by Gasteiger charge is 2.31. The molecule has 0 radical (unpaired) electrons. The van der Waals surface area contributed by atoms with Crippen molar-refractivity contribution in [2.45, 2.75) is 31.8 Å². The maximum Gasteiger partial charge on any atom is 0.190 e. The molecule has 0 saturated carbocycles. The van der Waals surface area contributed by atoms with Crippen LogP contribution < -0.4 is 10.6 Å². The monoisotopic (exact) mass is 424 g/mol. The molecule has 1 saturated heterocycles. The molecule has 6 nitrogen and oxygen atoms in total. The van der Waals surface area contributed by atoms with Crippen molar-refractivity contribution in [1.29, 1.82) is 0 Å². The Morgan fingerprint density at radius 1 is 1.23 bits per heavy atom. The van der Waals surface area contributed by atoms with Crippen molar-refractivity contribution in [2.75, 3.05) is 33.7 Å². The van der Waals surface area contributed by atoms with Crippen LogP contribution in [0.4, 0.5) is 0 Å². The second kappa shape index (κ2) is 10.1. The third-order valence-electron chi connectivity index (χ3n) is 5.99. The number of para-hydroxylation sites is 2. The van der Waals surface area contributed by atoms with Crippen molar-refractivity contribution >= 4 is 28.3 Å². The van der Waals surface area contributed by atoms with Gasteiger partial charge in [-0.05, 0) is 62.4 Å². The molecule has 1 fully saturated rings. The summed E-state index contributed by atoms with van der Waals surface area (Å²) in [5, 5.41) is 9.23. The fourth-order valence-electron chi connectivity index (χ4n) is 4.48. The van der Waals surface area contributed by atoms with Gasteiger partial charge in [-0.25, -0.2) is 4.98 Å². The number of thiophene rings is 1. The van der Waals surface area contributed by atoms with Gasteiger partial charge in [-0.2, -0.15) is 0 Å². The summed E-state index contributed by atoms with van der Waals surface area (Å²) >= 11 is 1.87. The number of hydrogen-bond donors (Lipinski definition) is 2. The lowest BCUT2D eigenvalue weighted by Gasteiger charge is -2.39. The van der Waals surface area contributed by atoms with Crippen LogP contribution in [-0.4, -0.2) is 54.1 Å². The summed E-state index contributed by atoms with van der Waals surface area (Å²) in [4.78, 5) is 12.9. The Balaban J connectivity index is 1.25. The highest BCUT2D eigenvalue weighted by Crippen LogP contribution is 2.36. The molecule has 1 aromatic carbocycles. The molecule has 1 aliphatic heterocycles. The van der Waals surface area contributed by atoms with Crippen molar-refractivity contribution in [1.82, 2.24) is 25.1 Å². The zero-order valence-corrected chi connectivity index (χ0v) is 18.7. The largest absolute Gasteiger partial charge is 0.356 e. The lowest BCUT2D eigenvalue weighted by atomic mass is 9.88. The van der Waals surface area contributed by atoms with Crippen LogP contribution >= 0.6 is 11.3 Å². The molecule has 7 heteroatoms. The predicted molar refractivity (Wildman–Crippen MR) is 126 cm³/mol. The molecule has 4 rings (SSSR count). The minimum Gasteiger partial charge on any atom is -0.356 e. The molecule has 0 aliphatic carbocycles. The smallest absolute Gasteiger partial charge is 0.190 e. The first-order chi connectivity index (χ1) is 14.8. The number of nitrogens with one attached hydrogen (secondary N) is 2. The summed E-state index contributed by atoms with van der Waals surface area (Å²) in [6, 6.07) is 13.2. The second-order valence-corrected chi connectivity index (χ2v) is 8.98. The maximum absolute atomic E-state index is 4.47. The van der Waals surface area contributed by atoms with Gasteiger partial charge in [0.2, 0.25) is 0 Å². The van der Waals surface area contributed by atoms with Gasteiger partial charge in [0.05, 0.1) is 17.4 Å². The van der Waals surface area contributed by atoms with Crippen LogP contribution in [-0.2, 0) is 6.54 Å². The SMILES string of the molecule is CN=C(NCCCn1cnc2ccccc21)NCC1CCCN(C)C1c1cccs1. The Morgan fingerprint density at radius 3 is 2.97 bits per heavy atom. The Morgan fingerprint density at radius 2 is 2.13 bits per heavy atom. The number of piperidine rings is 1. The van der Waals surface area contributed by atoms with Gasteiger partial charge >= 0.3 is 0 Å². The van der Waals surface area contributed by atoms with Crippen molar-refractivity contribution < 1.29 is 0 Å². The number of fused-ring (bicyclic) bond motifs is 1. The topological polar surface area (TPSA) is 57.5 Å². The average Bonchev–Trinajstić information content (AvgIpc) is 3.43. The molecule has 2 unspecified atom stereocenters. The van der Waals surface area contributed by atoms with Crippen LogP contribution in [0.1, 0.15) is 30.2 Å². The summed E-state index contributed by atoms with van der Waals surface area (Å²) in [5.74, 6) is 1.49. The fourth-order valence-corrected chi connectivity index (χ4v) is 5.46. The fraction of sp³-hybridized carbons (Fsp3) is 0.478. The number of aliphatic imine (C=N–C) groups is 1. The zero-order chi connectivity index (χ0) is 20.8. The van der Waals surface area contributed by atoms with Gasteiger partial charge in [-0.15, -0.1) is 11.3 Å². The summed E-state index contributed by atoms with van der Waals surface area (Å²) in [5.41, 5.74) is 2.25. The maximum atomic E-state index is 4.47. The van der Waals surface area contributed by atoms with Crippen molar-refractivity contribution in [3.05, 3.63) is 53.0 Å². The van der Waals surface area contributed by atoms with Crippen LogP contribution in [0.3, 0.4) is 0 Å². The first kappa shape index (κ1) is 20.9. The van der Waals surface area contributed by atoms with Crippen molar-refractivity contribution in [2.24, 2.45) is 10.9 Å². The number of benzene rings is 1. The number of hydrogen-bond acceptors (Lipinski definition) is 4. The number of imidazole rings is 1. The van der Waals surface area contributed by atoms with Crippen LogP contribution in [0.15, 0.2) is 53.1 Å². The van der Waals surface area contributed by atoms with E-state index in [0.29, 0.717) is 12.0 Å². The highest BCUT2D eigenvalue weighted by atomic mass is 32.1. The normalized spacial score (nSPS) is 20.5. The van der Waals surface area contributed by atoms with E-state index in [2.05, 4.69) is 72.8 Å². The Bertz CT molecular complexity index is 948. The van der Waals surface area contributed by atoms with Crippen LogP contribution in [0.25, 0.3) is 11.0 Å². The lowest BCUT2D eigenvalue weighted by Crippen LogP contribution is -2.45. The Labute approximate surface area is 183 Å². The zero-order valence-electron chi connectivity index (χ0n) is 17.9. The van der Waals surface area contributed by atoms with Gasteiger partial charge in [0.1, 0.15) is 0 Å². The number of likely N-dealkylation sites (tertiary alicyclic amines) is 1. The molecule has 0 spiro atoms. The molecule has 2 aromatic heterocycles. The van der Waals surface area contributed by atoms with E-state index in [9.17, 15) is 0 Å². The molecule has 3 heterocycles. The van der Waals surface area contributed by atoms with E-state index in [1.807, 2.05) is 30.8 Å². The minimum atomic E-state index is 0.499. The van der Waals surface area contributed by atoms with E-state index in [1.54, 1.807) is 0 Å².